The fourth-order valence-corrected chi connectivity index (χ4v) is 3.06. The Kier molecular flexibility index (Phi) is 4.54. The summed E-state index contributed by atoms with van der Waals surface area (Å²) in [6.07, 6.45) is 7.84. The molecule has 0 saturated heterocycles. The van der Waals surface area contributed by atoms with E-state index in [2.05, 4.69) is 24.4 Å². The fraction of sp³-hybridized carbons (Fsp3) is 0.643. The van der Waals surface area contributed by atoms with E-state index >= 15 is 0 Å². The summed E-state index contributed by atoms with van der Waals surface area (Å²) in [6.45, 7) is 0.761. The quantitative estimate of drug-likeness (QED) is 0.615. The van der Waals surface area contributed by atoms with E-state index < -0.39 is 0 Å². The normalized spacial score (nSPS) is 17.9. The maximum Gasteiger partial charge on any atom is 0.357 e. The van der Waals surface area contributed by atoms with Gasteiger partial charge in [-0.2, -0.15) is 0 Å². The van der Waals surface area contributed by atoms with Crippen LogP contribution in [-0.4, -0.2) is 31.1 Å². The molecule has 6 nitrogen and oxygen atoms in total. The van der Waals surface area contributed by atoms with Crippen molar-refractivity contribution in [1.82, 2.24) is 0 Å². The molecule has 0 amide bonds. The molecule has 0 atom stereocenters. The SMILES string of the molecule is C[NH+](C)C1(CNc2[nH+]cccc2[N+](=O)[O-])CCCCC1. The topological polar surface area (TPSA) is 73.8 Å². The van der Waals surface area contributed by atoms with Crippen LogP contribution in [0.25, 0.3) is 0 Å². The Morgan fingerprint density at radius 3 is 2.70 bits per heavy atom. The Hall–Kier alpha value is -1.69. The van der Waals surface area contributed by atoms with Gasteiger partial charge in [-0.3, -0.25) is 15.4 Å². The van der Waals surface area contributed by atoms with Crippen molar-refractivity contribution >= 4 is 11.5 Å². The van der Waals surface area contributed by atoms with Gasteiger partial charge in [-0.15, -0.1) is 0 Å². The Morgan fingerprint density at radius 1 is 1.40 bits per heavy atom. The molecule has 1 aromatic rings. The lowest BCUT2D eigenvalue weighted by Gasteiger charge is -2.38. The summed E-state index contributed by atoms with van der Waals surface area (Å²) in [7, 11) is 4.35. The van der Waals surface area contributed by atoms with Gasteiger partial charge in [0.25, 0.3) is 0 Å². The van der Waals surface area contributed by atoms with Gasteiger partial charge in [-0.05, 0) is 18.9 Å². The number of aromatic amines is 1. The molecule has 0 aromatic carbocycles. The summed E-state index contributed by atoms with van der Waals surface area (Å²) in [6, 6.07) is 3.17. The third-order valence-corrected chi connectivity index (χ3v) is 4.51. The van der Waals surface area contributed by atoms with Crippen LogP contribution in [0.4, 0.5) is 11.5 Å². The lowest BCUT2D eigenvalue weighted by molar-refractivity contribution is -0.915. The third-order valence-electron chi connectivity index (χ3n) is 4.51. The van der Waals surface area contributed by atoms with E-state index in [1.807, 2.05) is 0 Å². The molecule has 3 N–H and O–H groups in total. The monoisotopic (exact) mass is 280 g/mol. The van der Waals surface area contributed by atoms with Gasteiger partial charge in [0, 0.05) is 18.9 Å². The molecule has 1 aliphatic rings. The smallest absolute Gasteiger partial charge is 0.332 e. The minimum absolute atomic E-state index is 0.104. The van der Waals surface area contributed by atoms with Crippen LogP contribution in [0.15, 0.2) is 18.3 Å². The average Bonchev–Trinajstić information content (AvgIpc) is 2.46. The first-order valence-electron chi connectivity index (χ1n) is 7.25. The van der Waals surface area contributed by atoms with Gasteiger partial charge in [0.2, 0.25) is 0 Å². The minimum atomic E-state index is -0.352. The number of H-pyrrole nitrogens is 1. The number of nitrogens with one attached hydrogen (secondary N) is 3. The van der Waals surface area contributed by atoms with Gasteiger partial charge < -0.3 is 4.90 Å². The van der Waals surface area contributed by atoms with Crippen LogP contribution in [0.3, 0.4) is 0 Å². The second kappa shape index (κ2) is 6.17. The van der Waals surface area contributed by atoms with Crippen LogP contribution in [0.1, 0.15) is 32.1 Å². The van der Waals surface area contributed by atoms with Gasteiger partial charge in [-0.25, -0.2) is 4.98 Å². The first-order valence-corrected chi connectivity index (χ1v) is 7.25. The Morgan fingerprint density at radius 2 is 2.10 bits per heavy atom. The van der Waals surface area contributed by atoms with Crippen molar-refractivity contribution in [3.05, 3.63) is 28.4 Å². The number of anilines is 1. The molecule has 0 unspecified atom stereocenters. The van der Waals surface area contributed by atoms with E-state index in [1.54, 1.807) is 12.3 Å². The van der Waals surface area contributed by atoms with Crippen LogP contribution in [0.2, 0.25) is 0 Å². The lowest BCUT2D eigenvalue weighted by Crippen LogP contribution is -3.16. The highest BCUT2D eigenvalue weighted by atomic mass is 16.6. The number of hydrogen-bond donors (Lipinski definition) is 2. The number of rotatable bonds is 5. The molecule has 20 heavy (non-hydrogen) atoms. The Bertz CT molecular complexity index is 470. The number of pyridine rings is 1. The molecule has 0 bridgehead atoms. The molecule has 1 heterocycles. The van der Waals surface area contributed by atoms with Crippen molar-refractivity contribution in [3.63, 3.8) is 0 Å². The molecule has 1 aliphatic carbocycles. The fourth-order valence-electron chi connectivity index (χ4n) is 3.06. The van der Waals surface area contributed by atoms with E-state index in [9.17, 15) is 10.1 Å². The molecule has 6 heteroatoms. The molecule has 0 radical (unpaired) electrons. The van der Waals surface area contributed by atoms with Crippen molar-refractivity contribution in [2.45, 2.75) is 37.6 Å². The maximum atomic E-state index is 11.0. The molecular formula is C14H24N4O2+2. The molecule has 0 aliphatic heterocycles. The number of likely N-dealkylation sites (N-methyl/N-ethyl adjacent to an activating group) is 1. The van der Waals surface area contributed by atoms with Crippen molar-refractivity contribution < 1.29 is 14.8 Å². The number of aromatic nitrogens is 1. The second-order valence-corrected chi connectivity index (χ2v) is 5.88. The van der Waals surface area contributed by atoms with Gasteiger partial charge in [0.1, 0.15) is 12.1 Å². The minimum Gasteiger partial charge on any atom is -0.332 e. The number of quaternary nitrogens is 1. The van der Waals surface area contributed by atoms with E-state index in [1.165, 1.54) is 43.1 Å². The van der Waals surface area contributed by atoms with Gasteiger partial charge in [0.15, 0.2) is 0 Å². The van der Waals surface area contributed by atoms with Crippen molar-refractivity contribution in [1.29, 1.82) is 0 Å². The first kappa shape index (κ1) is 14.7. The van der Waals surface area contributed by atoms with Crippen molar-refractivity contribution in [3.8, 4) is 0 Å². The predicted octanol–water partition coefficient (Wildman–Crippen LogP) is 0.668. The van der Waals surface area contributed by atoms with Crippen LogP contribution in [-0.2, 0) is 0 Å². The maximum absolute atomic E-state index is 11.0. The summed E-state index contributed by atoms with van der Waals surface area (Å²) in [4.78, 5) is 15.0. The average molecular weight is 280 g/mol. The summed E-state index contributed by atoms with van der Waals surface area (Å²) < 4.78 is 0. The van der Waals surface area contributed by atoms with Gasteiger partial charge in [0.05, 0.1) is 25.2 Å². The lowest BCUT2D eigenvalue weighted by atomic mass is 9.80. The Labute approximate surface area is 119 Å². The van der Waals surface area contributed by atoms with Gasteiger partial charge >= 0.3 is 11.5 Å². The molecule has 2 rings (SSSR count). The van der Waals surface area contributed by atoms with E-state index in [4.69, 9.17) is 0 Å². The zero-order valence-corrected chi connectivity index (χ0v) is 12.2. The standard InChI is InChI=1S/C14H22N4O2/c1-17(2)14(8-4-3-5-9-14)11-16-13-12(18(19)20)7-6-10-15-13/h6-7,10H,3-5,8-9,11H2,1-2H3,(H,15,16)/p+2. The van der Waals surface area contributed by atoms with Crippen LogP contribution >= 0.6 is 0 Å². The van der Waals surface area contributed by atoms with Gasteiger partial charge in [-0.1, -0.05) is 6.42 Å². The number of nitrogens with zero attached hydrogens (tertiary/aromatic N) is 1. The summed E-state index contributed by atoms with van der Waals surface area (Å²) in [5.74, 6) is 0.503. The van der Waals surface area contributed by atoms with Crippen molar-refractivity contribution in [2.75, 3.05) is 26.0 Å². The van der Waals surface area contributed by atoms with Crippen LogP contribution in [0.5, 0.6) is 0 Å². The largest absolute Gasteiger partial charge is 0.357 e. The first-order chi connectivity index (χ1) is 9.55. The van der Waals surface area contributed by atoms with Crippen LogP contribution < -0.4 is 15.2 Å². The Balaban J connectivity index is 2.12. The molecule has 1 fully saturated rings. The van der Waals surface area contributed by atoms with Crippen LogP contribution in [0, 0.1) is 10.1 Å². The van der Waals surface area contributed by atoms with Crippen molar-refractivity contribution in [2.24, 2.45) is 0 Å². The zero-order valence-electron chi connectivity index (χ0n) is 12.2. The second-order valence-electron chi connectivity index (χ2n) is 5.88. The zero-order chi connectivity index (χ0) is 14.6. The van der Waals surface area contributed by atoms with E-state index in [0.717, 1.165) is 6.54 Å². The summed E-state index contributed by atoms with van der Waals surface area (Å²) in [5.41, 5.74) is 0.280. The molecule has 1 aromatic heterocycles. The summed E-state index contributed by atoms with van der Waals surface area (Å²) >= 11 is 0. The van der Waals surface area contributed by atoms with E-state index in [0.29, 0.717) is 5.82 Å². The number of hydrogen-bond acceptors (Lipinski definition) is 3. The summed E-state index contributed by atoms with van der Waals surface area (Å²) in [5, 5.41) is 14.3. The highest BCUT2D eigenvalue weighted by Crippen LogP contribution is 2.26. The predicted molar refractivity (Wildman–Crippen MR) is 76.8 cm³/mol. The highest BCUT2D eigenvalue weighted by Gasteiger charge is 2.40. The van der Waals surface area contributed by atoms with E-state index in [-0.39, 0.29) is 16.1 Å². The molecule has 110 valence electrons. The molecule has 0 spiro atoms. The molecular weight excluding hydrogens is 256 g/mol. The highest BCUT2D eigenvalue weighted by molar-refractivity contribution is 5.50. The third kappa shape index (κ3) is 3.07. The number of nitro groups is 1. The molecule has 1 saturated carbocycles.